The molecule has 0 bridgehead atoms. The Hall–Kier alpha value is -2.25. The second-order valence-electron chi connectivity index (χ2n) is 5.04. The van der Waals surface area contributed by atoms with E-state index in [0.717, 1.165) is 4.88 Å². The van der Waals surface area contributed by atoms with Gasteiger partial charge >= 0.3 is 5.97 Å². The predicted molar refractivity (Wildman–Crippen MR) is 86.7 cm³/mol. The fraction of sp³-hybridized carbons (Fsp3) is 0.312. The molecule has 0 aliphatic rings. The Bertz CT molecular complexity index is 853. The van der Waals surface area contributed by atoms with Crippen molar-refractivity contribution in [3.8, 4) is 10.6 Å². The number of esters is 1. The van der Waals surface area contributed by atoms with Gasteiger partial charge in [-0.15, -0.1) is 11.3 Å². The molecule has 120 valence electrons. The first-order valence-corrected chi connectivity index (χ1v) is 7.91. The number of aryl methyl sites for hydroxylation is 2. The average Bonchev–Trinajstić information content (AvgIpc) is 3.13. The molecule has 0 fully saturated rings. The monoisotopic (exact) mass is 332 g/mol. The van der Waals surface area contributed by atoms with Gasteiger partial charge in [0.25, 0.3) is 5.71 Å². The molecule has 7 heteroatoms. The number of ether oxygens (including phenoxy) is 2. The van der Waals surface area contributed by atoms with Gasteiger partial charge in [-0.2, -0.15) is 0 Å². The highest BCUT2D eigenvalue weighted by molar-refractivity contribution is 7.15. The zero-order valence-corrected chi connectivity index (χ0v) is 13.9. The lowest BCUT2D eigenvalue weighted by Crippen LogP contribution is -2.11. The zero-order valence-electron chi connectivity index (χ0n) is 13.1. The number of carbonyl (C=O) groups is 1. The summed E-state index contributed by atoms with van der Waals surface area (Å²) in [4.78, 5) is 19.0. The standard InChI is InChI=1S/C16H16N2O4S/c1-9-4-5-13(23-9)12-8-11(16(19)21-7-6-20-3)14-10(2)18-22-15(14)17-12/h4-5,8H,6-7H2,1-3H3. The lowest BCUT2D eigenvalue weighted by atomic mass is 10.1. The number of rotatable bonds is 5. The maximum atomic E-state index is 12.4. The molecule has 6 nitrogen and oxygen atoms in total. The summed E-state index contributed by atoms with van der Waals surface area (Å²) in [5.74, 6) is -0.435. The van der Waals surface area contributed by atoms with Crippen LogP contribution in [0.3, 0.4) is 0 Å². The number of hydrogen-bond acceptors (Lipinski definition) is 7. The van der Waals surface area contributed by atoms with Crippen LogP contribution in [0.25, 0.3) is 21.7 Å². The molecule has 3 aromatic heterocycles. The summed E-state index contributed by atoms with van der Waals surface area (Å²) in [5, 5.41) is 4.50. The Balaban J connectivity index is 2.06. The van der Waals surface area contributed by atoms with Crippen molar-refractivity contribution in [1.29, 1.82) is 0 Å². The number of nitrogens with zero attached hydrogens (tertiary/aromatic N) is 2. The predicted octanol–water partition coefficient (Wildman–Crippen LogP) is 3.37. The Morgan fingerprint density at radius 1 is 1.30 bits per heavy atom. The molecule has 0 atom stereocenters. The smallest absolute Gasteiger partial charge is 0.339 e. The van der Waals surface area contributed by atoms with E-state index in [1.807, 2.05) is 19.1 Å². The first-order chi connectivity index (χ1) is 11.1. The van der Waals surface area contributed by atoms with E-state index < -0.39 is 5.97 Å². The van der Waals surface area contributed by atoms with E-state index in [9.17, 15) is 4.79 Å². The van der Waals surface area contributed by atoms with Crippen molar-refractivity contribution in [1.82, 2.24) is 10.1 Å². The molecule has 0 saturated heterocycles. The van der Waals surface area contributed by atoms with Gasteiger partial charge in [0.1, 0.15) is 6.61 Å². The Morgan fingerprint density at radius 2 is 2.13 bits per heavy atom. The van der Waals surface area contributed by atoms with Crippen LogP contribution in [-0.2, 0) is 9.47 Å². The van der Waals surface area contributed by atoms with Crippen LogP contribution in [-0.4, -0.2) is 36.4 Å². The van der Waals surface area contributed by atoms with Gasteiger partial charge in [0, 0.05) is 12.0 Å². The van der Waals surface area contributed by atoms with Crippen molar-refractivity contribution in [3.05, 3.63) is 34.3 Å². The van der Waals surface area contributed by atoms with E-state index >= 15 is 0 Å². The van der Waals surface area contributed by atoms with Gasteiger partial charge in [-0.05, 0) is 32.0 Å². The molecule has 0 spiro atoms. The maximum absolute atomic E-state index is 12.4. The molecule has 0 aliphatic carbocycles. The van der Waals surface area contributed by atoms with Crippen LogP contribution in [0.1, 0.15) is 20.9 Å². The maximum Gasteiger partial charge on any atom is 0.339 e. The molecule has 0 radical (unpaired) electrons. The van der Waals surface area contributed by atoms with Crippen molar-refractivity contribution in [2.45, 2.75) is 13.8 Å². The third-order valence-corrected chi connectivity index (χ3v) is 4.37. The Labute approximate surface area is 137 Å². The summed E-state index contributed by atoms with van der Waals surface area (Å²) in [5.41, 5.74) is 2.03. The highest BCUT2D eigenvalue weighted by atomic mass is 32.1. The minimum Gasteiger partial charge on any atom is -0.460 e. The summed E-state index contributed by atoms with van der Waals surface area (Å²) >= 11 is 1.60. The normalized spacial score (nSPS) is 11.1. The van der Waals surface area contributed by atoms with Crippen molar-refractivity contribution >= 4 is 28.4 Å². The Kier molecular flexibility index (Phi) is 4.40. The first-order valence-electron chi connectivity index (χ1n) is 7.10. The van der Waals surface area contributed by atoms with Crippen LogP contribution in [0.4, 0.5) is 0 Å². The fourth-order valence-electron chi connectivity index (χ4n) is 2.25. The van der Waals surface area contributed by atoms with Gasteiger partial charge in [-0.25, -0.2) is 9.78 Å². The minimum atomic E-state index is -0.435. The van der Waals surface area contributed by atoms with Crippen LogP contribution in [0.15, 0.2) is 22.7 Å². The van der Waals surface area contributed by atoms with Crippen LogP contribution >= 0.6 is 11.3 Å². The zero-order chi connectivity index (χ0) is 16.4. The first kappa shape index (κ1) is 15.6. The highest BCUT2D eigenvalue weighted by Gasteiger charge is 2.20. The van der Waals surface area contributed by atoms with Crippen LogP contribution in [0, 0.1) is 13.8 Å². The summed E-state index contributed by atoms with van der Waals surface area (Å²) < 4.78 is 15.4. The molecule has 0 N–H and O–H groups in total. The number of fused-ring (bicyclic) bond motifs is 1. The van der Waals surface area contributed by atoms with Crippen molar-refractivity contribution in [2.24, 2.45) is 0 Å². The van der Waals surface area contributed by atoms with Gasteiger partial charge in [0.05, 0.1) is 33.8 Å². The molecule has 0 saturated carbocycles. The van der Waals surface area contributed by atoms with Crippen molar-refractivity contribution in [3.63, 3.8) is 0 Å². The highest BCUT2D eigenvalue weighted by Crippen LogP contribution is 2.31. The molecule has 23 heavy (non-hydrogen) atoms. The summed E-state index contributed by atoms with van der Waals surface area (Å²) in [6.07, 6.45) is 0. The molecule has 3 heterocycles. The third kappa shape index (κ3) is 3.11. The van der Waals surface area contributed by atoms with E-state index in [4.69, 9.17) is 14.0 Å². The lowest BCUT2D eigenvalue weighted by molar-refractivity contribution is 0.0390. The van der Waals surface area contributed by atoms with E-state index in [1.165, 1.54) is 4.88 Å². The van der Waals surface area contributed by atoms with Crippen LogP contribution < -0.4 is 0 Å². The van der Waals surface area contributed by atoms with Gasteiger partial charge in [0.15, 0.2) is 0 Å². The largest absolute Gasteiger partial charge is 0.460 e. The molecule has 0 aromatic carbocycles. The van der Waals surface area contributed by atoms with Crippen molar-refractivity contribution < 1.29 is 18.8 Å². The number of aromatic nitrogens is 2. The minimum absolute atomic E-state index is 0.191. The summed E-state index contributed by atoms with van der Waals surface area (Å²) in [6.45, 7) is 4.33. The van der Waals surface area contributed by atoms with E-state index in [2.05, 4.69) is 10.1 Å². The lowest BCUT2D eigenvalue weighted by Gasteiger charge is -2.06. The average molecular weight is 332 g/mol. The summed E-state index contributed by atoms with van der Waals surface area (Å²) in [7, 11) is 1.56. The van der Waals surface area contributed by atoms with Gasteiger partial charge in [-0.3, -0.25) is 0 Å². The molecule has 0 amide bonds. The van der Waals surface area contributed by atoms with Crippen LogP contribution in [0.2, 0.25) is 0 Å². The molecule has 3 aromatic rings. The van der Waals surface area contributed by atoms with Crippen molar-refractivity contribution in [2.75, 3.05) is 20.3 Å². The molecule has 0 aliphatic heterocycles. The number of methoxy groups -OCH3 is 1. The van der Waals surface area contributed by atoms with E-state index in [1.54, 1.807) is 31.4 Å². The fourth-order valence-corrected chi connectivity index (χ4v) is 3.08. The number of carbonyl (C=O) groups excluding carboxylic acids is 1. The molecular weight excluding hydrogens is 316 g/mol. The SMILES string of the molecule is COCCOC(=O)c1cc(-c2ccc(C)s2)nc2onc(C)c12. The number of thiophene rings is 1. The summed E-state index contributed by atoms with van der Waals surface area (Å²) in [6, 6.07) is 5.71. The topological polar surface area (TPSA) is 74.5 Å². The van der Waals surface area contributed by atoms with E-state index in [-0.39, 0.29) is 6.61 Å². The van der Waals surface area contributed by atoms with Crippen LogP contribution in [0.5, 0.6) is 0 Å². The molecule has 3 rings (SSSR count). The third-order valence-electron chi connectivity index (χ3n) is 3.35. The van der Waals surface area contributed by atoms with E-state index in [0.29, 0.717) is 34.7 Å². The number of hydrogen-bond donors (Lipinski definition) is 0. The second kappa shape index (κ2) is 6.47. The molecular formula is C16H16N2O4S. The molecule has 0 unspecified atom stereocenters. The number of pyridine rings is 1. The van der Waals surface area contributed by atoms with Gasteiger partial charge < -0.3 is 14.0 Å². The quantitative estimate of drug-likeness (QED) is 0.527. The van der Waals surface area contributed by atoms with Gasteiger partial charge in [-0.1, -0.05) is 5.16 Å². The van der Waals surface area contributed by atoms with Gasteiger partial charge in [0.2, 0.25) is 0 Å². The second-order valence-corrected chi connectivity index (χ2v) is 6.33. The Morgan fingerprint density at radius 3 is 2.83 bits per heavy atom.